The van der Waals surface area contributed by atoms with Crippen molar-refractivity contribution in [2.75, 3.05) is 12.3 Å². The van der Waals surface area contributed by atoms with E-state index in [-0.39, 0.29) is 0 Å². The number of nitrogens with zero attached hydrogens (tertiary/aromatic N) is 1. The third-order valence-electron chi connectivity index (χ3n) is 1.99. The van der Waals surface area contributed by atoms with E-state index in [2.05, 4.69) is 18.3 Å². The predicted octanol–water partition coefficient (Wildman–Crippen LogP) is 3.31. The van der Waals surface area contributed by atoms with Crippen LogP contribution in [0.2, 0.25) is 0 Å². The van der Waals surface area contributed by atoms with Crippen molar-refractivity contribution in [2.45, 2.75) is 39.0 Å². The molecule has 0 unspecified atom stereocenters. The Morgan fingerprint density at radius 3 is 3.00 bits per heavy atom. The van der Waals surface area contributed by atoms with Crippen LogP contribution in [-0.2, 0) is 0 Å². The molecule has 0 aromatic rings. The lowest BCUT2D eigenvalue weighted by molar-refractivity contribution is 0.669. The fourth-order valence-corrected chi connectivity index (χ4v) is 2.08. The minimum absolute atomic E-state index is 1.03. The minimum Gasteiger partial charge on any atom is -0.282 e. The summed E-state index contributed by atoms with van der Waals surface area (Å²) in [6, 6.07) is 0. The molecule has 0 N–H and O–H groups in total. The van der Waals surface area contributed by atoms with E-state index in [0.29, 0.717) is 0 Å². The van der Waals surface area contributed by atoms with Crippen molar-refractivity contribution in [3.8, 4) is 0 Å². The van der Waals surface area contributed by atoms with Crippen molar-refractivity contribution in [3.05, 3.63) is 6.42 Å². The van der Waals surface area contributed by atoms with Crippen molar-refractivity contribution < 1.29 is 0 Å². The average molecular weight is 184 g/mol. The molecule has 1 heterocycles. The lowest BCUT2D eigenvalue weighted by Crippen LogP contribution is -1.89. The van der Waals surface area contributed by atoms with Crippen molar-refractivity contribution in [1.82, 2.24) is 0 Å². The summed E-state index contributed by atoms with van der Waals surface area (Å²) in [4.78, 5) is 4.38. The van der Waals surface area contributed by atoms with E-state index in [1.165, 1.54) is 42.9 Å². The molecular weight excluding hydrogens is 166 g/mol. The third kappa shape index (κ3) is 4.15. The molecule has 0 fully saturated rings. The summed E-state index contributed by atoms with van der Waals surface area (Å²) in [5.74, 6) is 1.20. The van der Waals surface area contributed by atoms with E-state index in [9.17, 15) is 0 Å². The lowest BCUT2D eigenvalue weighted by Gasteiger charge is -1.98. The van der Waals surface area contributed by atoms with Gasteiger partial charge in [0.2, 0.25) is 0 Å². The van der Waals surface area contributed by atoms with Crippen LogP contribution in [0.1, 0.15) is 39.0 Å². The first-order valence-electron chi connectivity index (χ1n) is 4.94. The summed E-state index contributed by atoms with van der Waals surface area (Å²) in [5.41, 5.74) is 0. The highest BCUT2D eigenvalue weighted by atomic mass is 32.2. The Kier molecular flexibility index (Phi) is 5.50. The van der Waals surface area contributed by atoms with Gasteiger partial charge in [0, 0.05) is 18.7 Å². The quantitative estimate of drug-likeness (QED) is 0.577. The number of rotatable bonds is 6. The van der Waals surface area contributed by atoms with Gasteiger partial charge in [-0.3, -0.25) is 4.99 Å². The molecule has 0 amide bonds. The highest BCUT2D eigenvalue weighted by Crippen LogP contribution is 2.16. The maximum absolute atomic E-state index is 4.38. The Balaban J connectivity index is 1.88. The molecule has 1 radical (unpaired) electrons. The predicted molar refractivity (Wildman–Crippen MR) is 57.8 cm³/mol. The molecule has 0 saturated carbocycles. The standard InChI is InChI=1S/C10H18NS/c1-2-3-4-5-6-7-10-11-8-9-12-10/h7H,2-6,8-9H2,1H3. The summed E-state index contributed by atoms with van der Waals surface area (Å²) in [6.07, 6.45) is 8.96. The van der Waals surface area contributed by atoms with Gasteiger partial charge in [-0.05, 0) is 6.42 Å². The fourth-order valence-electron chi connectivity index (χ4n) is 1.27. The summed E-state index contributed by atoms with van der Waals surface area (Å²) in [6.45, 7) is 3.28. The van der Waals surface area contributed by atoms with E-state index >= 15 is 0 Å². The van der Waals surface area contributed by atoms with Crippen molar-refractivity contribution in [3.63, 3.8) is 0 Å². The van der Waals surface area contributed by atoms with Crippen LogP contribution in [0, 0.1) is 6.42 Å². The van der Waals surface area contributed by atoms with E-state index in [4.69, 9.17) is 0 Å². The molecule has 1 nitrogen and oxygen atoms in total. The summed E-state index contributed by atoms with van der Waals surface area (Å²) in [5, 5.41) is 1.28. The fraction of sp³-hybridized carbons (Fsp3) is 0.800. The monoisotopic (exact) mass is 184 g/mol. The second kappa shape index (κ2) is 6.53. The lowest BCUT2D eigenvalue weighted by atomic mass is 10.1. The van der Waals surface area contributed by atoms with Crippen LogP contribution in [0.25, 0.3) is 0 Å². The first-order valence-corrected chi connectivity index (χ1v) is 5.92. The first kappa shape index (κ1) is 10.1. The van der Waals surface area contributed by atoms with Gasteiger partial charge in [-0.15, -0.1) is 11.8 Å². The van der Waals surface area contributed by atoms with Crippen molar-refractivity contribution in [1.29, 1.82) is 0 Å². The van der Waals surface area contributed by atoms with Gasteiger partial charge in [-0.1, -0.05) is 32.6 Å². The van der Waals surface area contributed by atoms with Crippen LogP contribution in [0.4, 0.5) is 0 Å². The number of hydrogen-bond donors (Lipinski definition) is 0. The largest absolute Gasteiger partial charge is 0.282 e. The molecule has 69 valence electrons. The molecule has 12 heavy (non-hydrogen) atoms. The topological polar surface area (TPSA) is 12.4 Å². The van der Waals surface area contributed by atoms with E-state index in [0.717, 1.165) is 6.54 Å². The first-order chi connectivity index (χ1) is 5.93. The summed E-state index contributed by atoms with van der Waals surface area (Å²) < 4.78 is 0. The minimum atomic E-state index is 1.03. The van der Waals surface area contributed by atoms with Crippen molar-refractivity contribution >= 4 is 16.8 Å². The Morgan fingerprint density at radius 2 is 2.33 bits per heavy atom. The van der Waals surface area contributed by atoms with Crippen LogP contribution in [0.15, 0.2) is 4.99 Å². The Morgan fingerprint density at radius 1 is 1.42 bits per heavy atom. The molecule has 0 saturated heterocycles. The normalized spacial score (nSPS) is 16.6. The maximum atomic E-state index is 4.38. The van der Waals surface area contributed by atoms with Crippen LogP contribution in [0.5, 0.6) is 0 Å². The summed E-state index contributed by atoms with van der Waals surface area (Å²) in [7, 11) is 0. The molecule has 1 aliphatic rings. The molecule has 0 atom stereocenters. The smallest absolute Gasteiger partial charge is 0.0714 e. The zero-order valence-corrected chi connectivity index (χ0v) is 8.70. The molecule has 1 rings (SSSR count). The van der Waals surface area contributed by atoms with Gasteiger partial charge in [-0.2, -0.15) is 0 Å². The average Bonchev–Trinajstić information content (AvgIpc) is 2.57. The highest BCUT2D eigenvalue weighted by Gasteiger charge is 2.05. The van der Waals surface area contributed by atoms with Crippen LogP contribution < -0.4 is 0 Å². The number of aliphatic imine (C=N–C) groups is 1. The van der Waals surface area contributed by atoms with Crippen LogP contribution >= 0.6 is 11.8 Å². The second-order valence-corrected chi connectivity index (χ2v) is 4.24. The van der Waals surface area contributed by atoms with Crippen LogP contribution in [-0.4, -0.2) is 17.3 Å². The van der Waals surface area contributed by atoms with Gasteiger partial charge in [0.05, 0.1) is 5.04 Å². The number of unbranched alkanes of at least 4 members (excludes halogenated alkanes) is 4. The maximum Gasteiger partial charge on any atom is 0.0714 e. The molecule has 0 aliphatic carbocycles. The second-order valence-electron chi connectivity index (χ2n) is 3.12. The molecule has 2 heteroatoms. The van der Waals surface area contributed by atoms with E-state index < -0.39 is 0 Å². The van der Waals surface area contributed by atoms with Gasteiger partial charge >= 0.3 is 0 Å². The van der Waals surface area contributed by atoms with E-state index in [1.54, 1.807) is 0 Å². The third-order valence-corrected chi connectivity index (χ3v) is 2.96. The number of thioether (sulfide) groups is 1. The summed E-state index contributed by atoms with van der Waals surface area (Å²) >= 11 is 1.90. The SMILES string of the molecule is CCCCCC[CH]C1=NCCS1. The van der Waals surface area contributed by atoms with Gasteiger partial charge in [0.15, 0.2) is 0 Å². The van der Waals surface area contributed by atoms with Gasteiger partial charge in [0.1, 0.15) is 0 Å². The molecular formula is C10H18NS. The van der Waals surface area contributed by atoms with E-state index in [1.807, 2.05) is 11.8 Å². The van der Waals surface area contributed by atoms with Gasteiger partial charge in [0.25, 0.3) is 0 Å². The molecule has 1 aliphatic heterocycles. The molecule has 0 aromatic heterocycles. The zero-order valence-electron chi connectivity index (χ0n) is 7.88. The Hall–Kier alpha value is 0.0200. The van der Waals surface area contributed by atoms with Gasteiger partial charge < -0.3 is 0 Å². The van der Waals surface area contributed by atoms with Crippen molar-refractivity contribution in [2.24, 2.45) is 4.99 Å². The molecule has 0 bridgehead atoms. The molecule has 0 aromatic carbocycles. The Bertz CT molecular complexity index is 143. The zero-order chi connectivity index (χ0) is 8.65. The van der Waals surface area contributed by atoms with Crippen LogP contribution in [0.3, 0.4) is 0 Å². The Labute approximate surface area is 80.0 Å². The molecule has 0 spiro atoms. The van der Waals surface area contributed by atoms with Gasteiger partial charge in [-0.25, -0.2) is 0 Å². The highest BCUT2D eigenvalue weighted by molar-refractivity contribution is 8.14. The number of hydrogen-bond acceptors (Lipinski definition) is 2.